The van der Waals surface area contributed by atoms with Crippen molar-refractivity contribution in [3.05, 3.63) is 30.2 Å². The Morgan fingerprint density at radius 3 is 2.62 bits per heavy atom. The van der Waals surface area contributed by atoms with E-state index in [0.29, 0.717) is 37.1 Å². The lowest BCUT2D eigenvalue weighted by atomic mass is 9.96. The highest BCUT2D eigenvalue weighted by Crippen LogP contribution is 2.21. The molecule has 7 nitrogen and oxygen atoms in total. The topological polar surface area (TPSA) is 80.5 Å². The third kappa shape index (κ3) is 6.72. The van der Waals surface area contributed by atoms with E-state index in [1.807, 2.05) is 36.1 Å². The highest BCUT2D eigenvalue weighted by Gasteiger charge is 2.22. The molecule has 1 aliphatic heterocycles. The first-order valence-corrected chi connectivity index (χ1v) is 10.2. The fourth-order valence-electron chi connectivity index (χ4n) is 3.45. The lowest BCUT2D eigenvalue weighted by Crippen LogP contribution is -2.40. The molecule has 1 aliphatic rings. The van der Waals surface area contributed by atoms with Gasteiger partial charge >= 0.3 is 0 Å². The Labute approximate surface area is 178 Å². The van der Waals surface area contributed by atoms with Crippen LogP contribution in [0.5, 0.6) is 5.75 Å². The standard InChI is InChI=1S/C21H30N4O3.ClH/c1-3-22-15-16-11-13-25(14-12-16)20(26)10-9-19-23-21(24-28-19)17-5-7-18(8-6-17)27-4-2;/h5-8,16,22H,3-4,9-15H2,1-2H3;1H. The van der Waals surface area contributed by atoms with Crippen molar-refractivity contribution in [1.29, 1.82) is 0 Å². The van der Waals surface area contributed by atoms with E-state index < -0.39 is 0 Å². The summed E-state index contributed by atoms with van der Waals surface area (Å²) in [5.74, 6) is 2.70. The Morgan fingerprint density at radius 2 is 1.97 bits per heavy atom. The summed E-state index contributed by atoms with van der Waals surface area (Å²) in [4.78, 5) is 18.9. The van der Waals surface area contributed by atoms with Crippen molar-refractivity contribution in [2.45, 2.75) is 39.5 Å². The number of carbonyl (C=O) groups is 1. The normalized spacial score (nSPS) is 14.5. The zero-order valence-corrected chi connectivity index (χ0v) is 18.0. The molecule has 160 valence electrons. The van der Waals surface area contributed by atoms with Gasteiger partial charge in [-0.2, -0.15) is 4.98 Å². The molecule has 1 fully saturated rings. The number of hydrogen-bond acceptors (Lipinski definition) is 6. The second-order valence-electron chi connectivity index (χ2n) is 7.10. The van der Waals surface area contributed by atoms with E-state index in [1.54, 1.807) is 0 Å². The average molecular weight is 423 g/mol. The third-order valence-corrected chi connectivity index (χ3v) is 5.09. The Hall–Kier alpha value is -2.12. The quantitative estimate of drug-likeness (QED) is 0.667. The number of aryl methyl sites for hydroxylation is 1. The minimum Gasteiger partial charge on any atom is -0.494 e. The summed E-state index contributed by atoms with van der Waals surface area (Å²) in [6.45, 7) is 8.44. The lowest BCUT2D eigenvalue weighted by Gasteiger charge is -2.32. The van der Waals surface area contributed by atoms with Gasteiger partial charge < -0.3 is 19.5 Å². The van der Waals surface area contributed by atoms with E-state index in [4.69, 9.17) is 9.26 Å². The molecule has 0 aliphatic carbocycles. The van der Waals surface area contributed by atoms with Crippen LogP contribution < -0.4 is 10.1 Å². The number of carbonyl (C=O) groups excluding carboxylic acids is 1. The summed E-state index contributed by atoms with van der Waals surface area (Å²) in [6, 6.07) is 7.58. The number of halogens is 1. The molecule has 1 aromatic heterocycles. The molecular weight excluding hydrogens is 392 g/mol. The third-order valence-electron chi connectivity index (χ3n) is 5.09. The van der Waals surface area contributed by atoms with Crippen LogP contribution in [0, 0.1) is 5.92 Å². The summed E-state index contributed by atoms with van der Waals surface area (Å²) in [5, 5.41) is 7.43. The largest absolute Gasteiger partial charge is 0.494 e. The SMILES string of the molecule is CCNCC1CCN(C(=O)CCc2nc(-c3ccc(OCC)cc3)no2)CC1.Cl. The first-order chi connectivity index (χ1) is 13.7. The van der Waals surface area contributed by atoms with E-state index in [2.05, 4.69) is 22.4 Å². The summed E-state index contributed by atoms with van der Waals surface area (Å²) >= 11 is 0. The fourth-order valence-corrected chi connectivity index (χ4v) is 3.45. The molecule has 0 spiro atoms. The molecule has 2 heterocycles. The molecule has 0 saturated carbocycles. The van der Waals surface area contributed by atoms with Crippen LogP contribution in [0.2, 0.25) is 0 Å². The van der Waals surface area contributed by atoms with E-state index in [0.717, 1.165) is 50.3 Å². The zero-order chi connectivity index (χ0) is 19.8. The highest BCUT2D eigenvalue weighted by molar-refractivity contribution is 5.85. The van der Waals surface area contributed by atoms with E-state index in [9.17, 15) is 4.79 Å². The number of piperidine rings is 1. The lowest BCUT2D eigenvalue weighted by molar-refractivity contribution is -0.132. The van der Waals surface area contributed by atoms with Gasteiger partial charge in [0.15, 0.2) is 0 Å². The van der Waals surface area contributed by atoms with Crippen LogP contribution in [-0.4, -0.2) is 53.7 Å². The highest BCUT2D eigenvalue weighted by atomic mass is 35.5. The average Bonchev–Trinajstić information content (AvgIpc) is 3.21. The van der Waals surface area contributed by atoms with Crippen molar-refractivity contribution in [1.82, 2.24) is 20.4 Å². The van der Waals surface area contributed by atoms with Crippen molar-refractivity contribution >= 4 is 18.3 Å². The van der Waals surface area contributed by atoms with Gasteiger partial charge in [0.2, 0.25) is 17.6 Å². The first-order valence-electron chi connectivity index (χ1n) is 10.2. The minimum absolute atomic E-state index is 0. The number of nitrogens with zero attached hydrogens (tertiary/aromatic N) is 3. The number of aromatic nitrogens is 2. The second kappa shape index (κ2) is 11.8. The van der Waals surface area contributed by atoms with Crippen LogP contribution in [0.1, 0.15) is 39.0 Å². The molecule has 0 unspecified atom stereocenters. The Bertz CT molecular complexity index is 743. The molecule has 3 rings (SSSR count). The maximum Gasteiger partial charge on any atom is 0.227 e. The van der Waals surface area contributed by atoms with E-state index in [1.165, 1.54) is 0 Å². The molecular formula is C21H31ClN4O3. The molecule has 1 saturated heterocycles. The van der Waals surface area contributed by atoms with Crippen LogP contribution in [-0.2, 0) is 11.2 Å². The van der Waals surface area contributed by atoms with Crippen molar-refractivity contribution in [2.24, 2.45) is 5.92 Å². The number of hydrogen-bond donors (Lipinski definition) is 1. The monoisotopic (exact) mass is 422 g/mol. The number of rotatable bonds is 9. The summed E-state index contributed by atoms with van der Waals surface area (Å²) in [5.41, 5.74) is 0.868. The van der Waals surface area contributed by atoms with Crippen molar-refractivity contribution in [3.63, 3.8) is 0 Å². The van der Waals surface area contributed by atoms with E-state index >= 15 is 0 Å². The van der Waals surface area contributed by atoms with Crippen LogP contribution in [0.3, 0.4) is 0 Å². The fraction of sp³-hybridized carbons (Fsp3) is 0.571. The van der Waals surface area contributed by atoms with Gasteiger partial charge in [0, 0.05) is 31.5 Å². The van der Waals surface area contributed by atoms with Crippen LogP contribution in [0.4, 0.5) is 0 Å². The predicted molar refractivity (Wildman–Crippen MR) is 114 cm³/mol. The number of benzene rings is 1. The molecule has 1 N–H and O–H groups in total. The van der Waals surface area contributed by atoms with Gasteiger partial charge in [-0.05, 0) is 63.0 Å². The first kappa shape index (κ1) is 23.2. The molecule has 8 heteroatoms. The molecule has 0 atom stereocenters. The van der Waals surface area contributed by atoms with Crippen LogP contribution in [0.15, 0.2) is 28.8 Å². The molecule has 2 aromatic rings. The van der Waals surface area contributed by atoms with Crippen LogP contribution >= 0.6 is 12.4 Å². The van der Waals surface area contributed by atoms with Gasteiger partial charge in [-0.25, -0.2) is 0 Å². The van der Waals surface area contributed by atoms with Gasteiger partial charge in [-0.1, -0.05) is 12.1 Å². The van der Waals surface area contributed by atoms with Gasteiger partial charge in [0.05, 0.1) is 6.61 Å². The van der Waals surface area contributed by atoms with Gasteiger partial charge in [0.1, 0.15) is 5.75 Å². The Kier molecular flexibility index (Phi) is 9.41. The summed E-state index contributed by atoms with van der Waals surface area (Å²) < 4.78 is 10.8. The smallest absolute Gasteiger partial charge is 0.227 e. The molecule has 0 bridgehead atoms. The Balaban J connectivity index is 0.00000300. The number of ether oxygens (including phenoxy) is 1. The maximum atomic E-state index is 12.5. The van der Waals surface area contributed by atoms with Gasteiger partial charge in [-0.3, -0.25) is 4.79 Å². The number of nitrogens with one attached hydrogen (secondary N) is 1. The molecule has 0 radical (unpaired) electrons. The van der Waals surface area contributed by atoms with Crippen molar-refractivity contribution < 1.29 is 14.1 Å². The second-order valence-corrected chi connectivity index (χ2v) is 7.10. The molecule has 1 amide bonds. The Morgan fingerprint density at radius 1 is 1.24 bits per heavy atom. The molecule has 1 aromatic carbocycles. The van der Waals surface area contributed by atoms with Crippen molar-refractivity contribution in [3.8, 4) is 17.1 Å². The summed E-state index contributed by atoms with van der Waals surface area (Å²) in [7, 11) is 0. The van der Waals surface area contributed by atoms with E-state index in [-0.39, 0.29) is 18.3 Å². The van der Waals surface area contributed by atoms with Gasteiger partial charge in [-0.15, -0.1) is 12.4 Å². The zero-order valence-electron chi connectivity index (χ0n) is 17.2. The van der Waals surface area contributed by atoms with Crippen molar-refractivity contribution in [2.75, 3.05) is 32.8 Å². The minimum atomic E-state index is 0. The number of amides is 1. The summed E-state index contributed by atoms with van der Waals surface area (Å²) in [6.07, 6.45) is 3.02. The molecule has 29 heavy (non-hydrogen) atoms. The van der Waals surface area contributed by atoms with Crippen LogP contribution in [0.25, 0.3) is 11.4 Å². The van der Waals surface area contributed by atoms with Gasteiger partial charge in [0.25, 0.3) is 0 Å². The predicted octanol–water partition coefficient (Wildman–Crippen LogP) is 3.34. The maximum absolute atomic E-state index is 12.5. The number of likely N-dealkylation sites (tertiary alicyclic amines) is 1.